The normalized spacial score (nSPS) is 9.56. The van der Waals surface area contributed by atoms with Crippen molar-refractivity contribution in [2.75, 3.05) is 12.8 Å². The number of nitrogens with zero attached hydrogens (tertiary/aromatic N) is 1. The molecule has 4 heteroatoms. The van der Waals surface area contributed by atoms with Crippen LogP contribution >= 0.6 is 0 Å². The molecule has 2 rings (SSSR count). The van der Waals surface area contributed by atoms with Crippen LogP contribution in [0, 0.1) is 11.3 Å². The van der Waals surface area contributed by atoms with Gasteiger partial charge in [0.1, 0.15) is 23.3 Å². The van der Waals surface area contributed by atoms with Gasteiger partial charge in [0, 0.05) is 12.1 Å². The van der Waals surface area contributed by atoms with Crippen molar-refractivity contribution >= 4 is 5.69 Å². The number of hydrogen-bond donors (Lipinski definition) is 1. The van der Waals surface area contributed by atoms with Gasteiger partial charge >= 0.3 is 0 Å². The molecule has 0 spiro atoms. The Morgan fingerprint density at radius 1 is 1.06 bits per heavy atom. The van der Waals surface area contributed by atoms with Crippen LogP contribution in [-0.2, 0) is 0 Å². The summed E-state index contributed by atoms with van der Waals surface area (Å²) in [6.07, 6.45) is 0. The Morgan fingerprint density at radius 2 is 1.78 bits per heavy atom. The molecule has 0 fully saturated rings. The predicted octanol–water partition coefficient (Wildman–Crippen LogP) is 2.94. The van der Waals surface area contributed by atoms with Crippen molar-refractivity contribution in [3.05, 3.63) is 48.0 Å². The summed E-state index contributed by atoms with van der Waals surface area (Å²) in [5.74, 6) is 1.95. The highest BCUT2D eigenvalue weighted by Crippen LogP contribution is 2.27. The first kappa shape index (κ1) is 11.8. The maximum absolute atomic E-state index is 8.78. The smallest absolute Gasteiger partial charge is 0.131 e. The van der Waals surface area contributed by atoms with Gasteiger partial charge in [-0.3, -0.25) is 0 Å². The second kappa shape index (κ2) is 5.11. The van der Waals surface area contributed by atoms with E-state index in [-0.39, 0.29) is 0 Å². The van der Waals surface area contributed by atoms with E-state index in [2.05, 4.69) is 0 Å². The number of hydrogen-bond acceptors (Lipinski definition) is 4. The largest absolute Gasteiger partial charge is 0.497 e. The first-order valence-electron chi connectivity index (χ1n) is 5.34. The van der Waals surface area contributed by atoms with E-state index in [4.69, 9.17) is 20.5 Å². The van der Waals surface area contributed by atoms with E-state index in [9.17, 15) is 0 Å². The van der Waals surface area contributed by atoms with Crippen molar-refractivity contribution in [1.29, 1.82) is 5.26 Å². The van der Waals surface area contributed by atoms with Gasteiger partial charge in [0.15, 0.2) is 0 Å². The molecule has 0 heterocycles. The highest BCUT2D eigenvalue weighted by Gasteiger charge is 2.03. The lowest BCUT2D eigenvalue weighted by Crippen LogP contribution is -1.92. The molecule has 0 aliphatic heterocycles. The van der Waals surface area contributed by atoms with Crippen molar-refractivity contribution in [2.45, 2.75) is 0 Å². The molecule has 0 atom stereocenters. The number of nitrogens with two attached hydrogens (primary N) is 1. The predicted molar refractivity (Wildman–Crippen MR) is 68.6 cm³/mol. The molecule has 2 N–H and O–H groups in total. The van der Waals surface area contributed by atoms with Crippen LogP contribution in [-0.4, -0.2) is 7.11 Å². The number of nitriles is 1. The van der Waals surface area contributed by atoms with Crippen LogP contribution in [0.4, 0.5) is 5.69 Å². The fourth-order valence-electron chi connectivity index (χ4n) is 1.51. The standard InChI is InChI=1S/C14H12N2O2/c1-17-11-3-2-4-12(7-11)18-13-6-5-10(9-15)14(16)8-13/h2-8H,16H2,1H3. The van der Waals surface area contributed by atoms with E-state index in [1.54, 1.807) is 31.4 Å². The van der Waals surface area contributed by atoms with Crippen LogP contribution in [0.15, 0.2) is 42.5 Å². The number of nitrogen functional groups attached to an aromatic ring is 1. The molecule has 2 aromatic carbocycles. The molecule has 0 aromatic heterocycles. The Labute approximate surface area is 105 Å². The Morgan fingerprint density at radius 3 is 2.44 bits per heavy atom. The number of methoxy groups -OCH3 is 1. The summed E-state index contributed by atoms with van der Waals surface area (Å²) in [4.78, 5) is 0. The average molecular weight is 240 g/mol. The van der Waals surface area contributed by atoms with E-state index < -0.39 is 0 Å². The maximum Gasteiger partial charge on any atom is 0.131 e. The Balaban J connectivity index is 2.23. The Kier molecular flexibility index (Phi) is 3.35. The third-order valence-corrected chi connectivity index (χ3v) is 2.42. The van der Waals surface area contributed by atoms with E-state index in [0.29, 0.717) is 28.5 Å². The van der Waals surface area contributed by atoms with Crippen LogP contribution in [0.25, 0.3) is 0 Å². The number of rotatable bonds is 3. The Hall–Kier alpha value is -2.67. The zero-order valence-corrected chi connectivity index (χ0v) is 9.88. The zero-order chi connectivity index (χ0) is 13.0. The van der Waals surface area contributed by atoms with Gasteiger partial charge < -0.3 is 15.2 Å². The zero-order valence-electron chi connectivity index (χ0n) is 9.88. The molecule has 0 unspecified atom stereocenters. The quantitative estimate of drug-likeness (QED) is 0.837. The molecule has 0 aliphatic carbocycles. The minimum absolute atomic E-state index is 0.401. The summed E-state index contributed by atoms with van der Waals surface area (Å²) in [5.41, 5.74) is 6.55. The van der Waals surface area contributed by atoms with Gasteiger partial charge in [0.25, 0.3) is 0 Å². The fraction of sp³-hybridized carbons (Fsp3) is 0.0714. The molecule has 0 saturated carbocycles. The van der Waals surface area contributed by atoms with Crippen LogP contribution in [0.1, 0.15) is 5.56 Å². The van der Waals surface area contributed by atoms with Crippen molar-refractivity contribution in [3.63, 3.8) is 0 Å². The van der Waals surface area contributed by atoms with Gasteiger partial charge in [-0.05, 0) is 24.3 Å². The summed E-state index contributed by atoms with van der Waals surface area (Å²) in [6.45, 7) is 0. The van der Waals surface area contributed by atoms with Crippen LogP contribution in [0.3, 0.4) is 0 Å². The van der Waals surface area contributed by atoms with Crippen molar-refractivity contribution in [3.8, 4) is 23.3 Å². The molecule has 0 amide bonds. The third-order valence-electron chi connectivity index (χ3n) is 2.42. The minimum Gasteiger partial charge on any atom is -0.497 e. The lowest BCUT2D eigenvalue weighted by molar-refractivity contribution is 0.409. The molecular formula is C14H12N2O2. The van der Waals surface area contributed by atoms with Gasteiger partial charge in [0.05, 0.1) is 18.4 Å². The number of benzene rings is 2. The lowest BCUT2D eigenvalue weighted by atomic mass is 10.2. The number of ether oxygens (including phenoxy) is 2. The van der Waals surface area contributed by atoms with Crippen LogP contribution in [0.2, 0.25) is 0 Å². The second-order valence-corrected chi connectivity index (χ2v) is 3.64. The van der Waals surface area contributed by atoms with Crippen molar-refractivity contribution < 1.29 is 9.47 Å². The highest BCUT2D eigenvalue weighted by atomic mass is 16.5. The van der Waals surface area contributed by atoms with Gasteiger partial charge in [-0.25, -0.2) is 0 Å². The van der Waals surface area contributed by atoms with E-state index in [0.717, 1.165) is 0 Å². The monoisotopic (exact) mass is 240 g/mol. The minimum atomic E-state index is 0.401. The van der Waals surface area contributed by atoms with E-state index >= 15 is 0 Å². The second-order valence-electron chi connectivity index (χ2n) is 3.64. The first-order valence-corrected chi connectivity index (χ1v) is 5.34. The summed E-state index contributed by atoms with van der Waals surface area (Å²) >= 11 is 0. The molecule has 0 radical (unpaired) electrons. The van der Waals surface area contributed by atoms with Crippen molar-refractivity contribution in [2.24, 2.45) is 0 Å². The molecule has 90 valence electrons. The molecule has 0 aliphatic rings. The summed E-state index contributed by atoms with van der Waals surface area (Å²) < 4.78 is 10.7. The highest BCUT2D eigenvalue weighted by molar-refractivity contribution is 5.57. The molecule has 4 nitrogen and oxygen atoms in total. The van der Waals surface area contributed by atoms with E-state index in [1.807, 2.05) is 24.3 Å². The van der Waals surface area contributed by atoms with Gasteiger partial charge in [-0.15, -0.1) is 0 Å². The molecule has 2 aromatic rings. The van der Waals surface area contributed by atoms with E-state index in [1.165, 1.54) is 0 Å². The first-order chi connectivity index (χ1) is 8.72. The molecular weight excluding hydrogens is 228 g/mol. The average Bonchev–Trinajstić information content (AvgIpc) is 2.39. The van der Waals surface area contributed by atoms with Gasteiger partial charge in [-0.1, -0.05) is 6.07 Å². The van der Waals surface area contributed by atoms with Crippen LogP contribution < -0.4 is 15.2 Å². The molecule has 0 bridgehead atoms. The molecule has 18 heavy (non-hydrogen) atoms. The van der Waals surface area contributed by atoms with Gasteiger partial charge in [0.2, 0.25) is 0 Å². The summed E-state index contributed by atoms with van der Waals surface area (Å²) in [6, 6.07) is 14.2. The van der Waals surface area contributed by atoms with Gasteiger partial charge in [-0.2, -0.15) is 5.26 Å². The topological polar surface area (TPSA) is 68.3 Å². The maximum atomic E-state index is 8.78. The Bertz CT molecular complexity index is 603. The lowest BCUT2D eigenvalue weighted by Gasteiger charge is -2.08. The fourth-order valence-corrected chi connectivity index (χ4v) is 1.51. The van der Waals surface area contributed by atoms with Crippen molar-refractivity contribution in [1.82, 2.24) is 0 Å². The number of anilines is 1. The van der Waals surface area contributed by atoms with Crippen LogP contribution in [0.5, 0.6) is 17.2 Å². The SMILES string of the molecule is COc1cccc(Oc2ccc(C#N)c(N)c2)c1. The summed E-state index contributed by atoms with van der Waals surface area (Å²) in [5, 5.41) is 8.78. The summed E-state index contributed by atoms with van der Waals surface area (Å²) in [7, 11) is 1.60. The molecule has 0 saturated heterocycles. The third kappa shape index (κ3) is 2.53.